The third-order valence-electron chi connectivity index (χ3n) is 8.13. The number of hydrogen-bond donors (Lipinski definition) is 2. The number of nitrogens with zero attached hydrogens (tertiary/aromatic N) is 4. The highest BCUT2D eigenvalue weighted by Gasteiger charge is 2.53. The van der Waals surface area contributed by atoms with Crippen molar-refractivity contribution in [1.82, 2.24) is 24.2 Å². The number of carbonyl (C=O) groups excluding carboxylic acids is 1. The SMILES string of the molecule is CC[C@H]1O[C@@H](n2cnc3c(=O)[nH]c(NC(=O)C(C)C)nc32)C(OCCOC)[C@H]1O[P@@]1O[C@H](c2ccccc2)[C@@H]2CCCN21. The number of nitrogens with one attached hydrogen (secondary N) is 2. The minimum Gasteiger partial charge on any atom is -0.382 e. The van der Waals surface area contributed by atoms with Crippen molar-refractivity contribution in [2.24, 2.45) is 5.92 Å². The van der Waals surface area contributed by atoms with Crippen LogP contribution in [0.15, 0.2) is 41.5 Å². The normalized spacial score (nSPS) is 29.1. The number of rotatable bonds is 11. The quantitative estimate of drug-likeness (QED) is 0.241. The smallest absolute Gasteiger partial charge is 0.280 e. The summed E-state index contributed by atoms with van der Waals surface area (Å²) >= 11 is 0. The van der Waals surface area contributed by atoms with E-state index in [2.05, 4.69) is 37.1 Å². The number of fused-ring (bicyclic) bond motifs is 2. The van der Waals surface area contributed by atoms with E-state index in [1.807, 2.05) is 25.1 Å². The van der Waals surface area contributed by atoms with E-state index in [1.54, 1.807) is 25.5 Å². The van der Waals surface area contributed by atoms with E-state index in [1.165, 1.54) is 6.33 Å². The van der Waals surface area contributed by atoms with Crippen LogP contribution in [-0.4, -0.2) is 81.3 Å². The van der Waals surface area contributed by atoms with Crippen LogP contribution in [0.4, 0.5) is 5.95 Å². The molecule has 3 fully saturated rings. The van der Waals surface area contributed by atoms with E-state index in [-0.39, 0.29) is 47.2 Å². The van der Waals surface area contributed by atoms with Crippen molar-refractivity contribution in [3.63, 3.8) is 0 Å². The van der Waals surface area contributed by atoms with Gasteiger partial charge >= 0.3 is 0 Å². The van der Waals surface area contributed by atoms with Gasteiger partial charge in [-0.25, -0.2) is 9.65 Å². The molecule has 1 aromatic carbocycles. The number of anilines is 1. The highest BCUT2D eigenvalue weighted by Crippen LogP contribution is 2.62. The van der Waals surface area contributed by atoms with Gasteiger partial charge in [0.2, 0.25) is 11.9 Å². The zero-order valence-corrected chi connectivity index (χ0v) is 25.7. The van der Waals surface area contributed by atoms with Crippen molar-refractivity contribution in [2.45, 2.75) is 76.7 Å². The summed E-state index contributed by atoms with van der Waals surface area (Å²) in [4.78, 5) is 36.7. The number of imidazole rings is 1. The second kappa shape index (κ2) is 13.1. The van der Waals surface area contributed by atoms with Gasteiger partial charge in [0.25, 0.3) is 14.1 Å². The van der Waals surface area contributed by atoms with E-state index < -0.39 is 32.5 Å². The van der Waals surface area contributed by atoms with Crippen molar-refractivity contribution in [3.05, 3.63) is 52.6 Å². The third-order valence-corrected chi connectivity index (χ3v) is 9.88. The highest BCUT2D eigenvalue weighted by molar-refractivity contribution is 7.45. The maximum absolute atomic E-state index is 12.9. The first kappa shape index (κ1) is 30.3. The van der Waals surface area contributed by atoms with E-state index in [9.17, 15) is 9.59 Å². The van der Waals surface area contributed by atoms with E-state index in [4.69, 9.17) is 23.3 Å². The predicted octanol–water partition coefficient (Wildman–Crippen LogP) is 3.90. The van der Waals surface area contributed by atoms with Gasteiger partial charge in [-0.1, -0.05) is 51.1 Å². The van der Waals surface area contributed by atoms with E-state index in [0.29, 0.717) is 19.6 Å². The molecular weight excluding hydrogens is 575 g/mol. The van der Waals surface area contributed by atoms with Gasteiger partial charge in [-0.3, -0.25) is 24.5 Å². The Labute approximate surface area is 251 Å². The maximum atomic E-state index is 12.9. The van der Waals surface area contributed by atoms with Crippen LogP contribution >= 0.6 is 8.53 Å². The van der Waals surface area contributed by atoms with Gasteiger partial charge < -0.3 is 23.3 Å². The molecule has 232 valence electrons. The fraction of sp³-hybridized carbons (Fsp3) is 0.586. The van der Waals surface area contributed by atoms with Crippen LogP contribution in [0.2, 0.25) is 0 Å². The van der Waals surface area contributed by atoms with Gasteiger partial charge in [0, 0.05) is 25.6 Å². The molecule has 1 amide bonds. The monoisotopic (exact) mass is 614 g/mol. The predicted molar refractivity (Wildman–Crippen MR) is 159 cm³/mol. The highest BCUT2D eigenvalue weighted by atomic mass is 31.2. The number of carbonyl (C=O) groups is 1. The number of aromatic nitrogens is 4. The van der Waals surface area contributed by atoms with Crippen molar-refractivity contribution < 1.29 is 28.1 Å². The van der Waals surface area contributed by atoms with Crippen LogP contribution in [0.5, 0.6) is 0 Å². The minimum atomic E-state index is -1.38. The van der Waals surface area contributed by atoms with Gasteiger partial charge in [0.15, 0.2) is 17.4 Å². The number of methoxy groups -OCH3 is 1. The van der Waals surface area contributed by atoms with Gasteiger partial charge in [-0.15, -0.1) is 0 Å². The first-order valence-corrected chi connectivity index (χ1v) is 16.0. The molecule has 0 bridgehead atoms. The van der Waals surface area contributed by atoms with Crippen molar-refractivity contribution in [3.8, 4) is 0 Å². The number of amides is 1. The Kier molecular flexibility index (Phi) is 9.20. The second-order valence-electron chi connectivity index (χ2n) is 11.3. The lowest BCUT2D eigenvalue weighted by Crippen LogP contribution is -2.37. The summed E-state index contributed by atoms with van der Waals surface area (Å²) in [6, 6.07) is 10.6. The fourth-order valence-electron chi connectivity index (χ4n) is 5.90. The average Bonchev–Trinajstić information content (AvgIpc) is 3.78. The molecule has 3 aromatic rings. The van der Waals surface area contributed by atoms with Crippen molar-refractivity contribution >= 4 is 31.5 Å². The first-order chi connectivity index (χ1) is 20.9. The third kappa shape index (κ3) is 6.00. The molecule has 2 N–H and O–H groups in total. The fourth-order valence-corrected chi connectivity index (χ4v) is 7.89. The number of hydrogen-bond acceptors (Lipinski definition) is 10. The van der Waals surface area contributed by atoms with Gasteiger partial charge in [-0.2, -0.15) is 4.98 Å². The zero-order valence-electron chi connectivity index (χ0n) is 24.8. The molecule has 6 rings (SSSR count). The molecule has 5 heterocycles. The van der Waals surface area contributed by atoms with Crippen LogP contribution in [-0.2, 0) is 28.1 Å². The minimum absolute atomic E-state index is 0.0440. The van der Waals surface area contributed by atoms with Crippen LogP contribution in [0.3, 0.4) is 0 Å². The number of ether oxygens (including phenoxy) is 3. The Morgan fingerprint density at radius 1 is 1.23 bits per heavy atom. The molecule has 43 heavy (non-hydrogen) atoms. The lowest BCUT2D eigenvalue weighted by Gasteiger charge is -2.29. The number of H-pyrrole nitrogens is 1. The van der Waals surface area contributed by atoms with Crippen LogP contribution < -0.4 is 10.9 Å². The molecule has 3 saturated heterocycles. The molecule has 3 aliphatic heterocycles. The number of aromatic amines is 1. The maximum Gasteiger partial charge on any atom is 0.280 e. The second-order valence-corrected chi connectivity index (χ2v) is 12.7. The van der Waals surface area contributed by atoms with Crippen LogP contribution in [0, 0.1) is 5.92 Å². The molecule has 14 heteroatoms. The van der Waals surface area contributed by atoms with Gasteiger partial charge in [-0.05, 0) is 24.8 Å². The molecule has 7 atom stereocenters. The van der Waals surface area contributed by atoms with Gasteiger partial charge in [0.05, 0.1) is 25.6 Å². The molecule has 0 radical (unpaired) electrons. The molecule has 2 aromatic heterocycles. The summed E-state index contributed by atoms with van der Waals surface area (Å²) in [5, 5.41) is 2.67. The van der Waals surface area contributed by atoms with Gasteiger partial charge in [0.1, 0.15) is 18.3 Å². The molecule has 0 saturated carbocycles. The van der Waals surface area contributed by atoms with Crippen LogP contribution in [0.25, 0.3) is 11.2 Å². The van der Waals surface area contributed by atoms with Crippen molar-refractivity contribution in [1.29, 1.82) is 0 Å². The van der Waals surface area contributed by atoms with Crippen LogP contribution in [0.1, 0.15) is 57.9 Å². The zero-order chi connectivity index (χ0) is 30.1. The largest absolute Gasteiger partial charge is 0.382 e. The Balaban J connectivity index is 1.31. The molecule has 0 spiro atoms. The lowest BCUT2D eigenvalue weighted by atomic mass is 10.0. The topological polar surface area (TPSA) is 142 Å². The first-order valence-electron chi connectivity index (χ1n) is 14.9. The Morgan fingerprint density at radius 2 is 2.05 bits per heavy atom. The average molecular weight is 615 g/mol. The Hall–Kier alpha value is -2.77. The summed E-state index contributed by atoms with van der Waals surface area (Å²) in [5.74, 6) is -0.511. The molecular formula is C29H39N6O7P. The standard InChI is InChI=1S/C29H39N6O7P/c1-5-20-23(42-43-35-13-9-12-19(35)22(41-43)18-10-7-6-8-11-18)24(39-15-14-38-4)28(40-20)34-16-30-21-25(34)31-29(33-27(21)37)32-26(36)17(2)3/h6-8,10-11,16-17,19-20,22-24,28H,5,9,12-15H2,1-4H3,(H2,31,32,33,36,37)/t19-,20+,22+,23-,24?,28+,43+/m0/s1. The van der Waals surface area contributed by atoms with E-state index in [0.717, 1.165) is 24.9 Å². The molecule has 3 aliphatic rings. The Bertz CT molecular complexity index is 1470. The summed E-state index contributed by atoms with van der Waals surface area (Å²) in [6.45, 7) is 7.17. The van der Waals surface area contributed by atoms with E-state index >= 15 is 0 Å². The lowest BCUT2D eigenvalue weighted by molar-refractivity contribution is -0.118. The molecule has 13 nitrogen and oxygen atoms in total. The summed E-state index contributed by atoms with van der Waals surface area (Å²) < 4.78 is 35.8. The summed E-state index contributed by atoms with van der Waals surface area (Å²) in [7, 11) is 0.244. The Morgan fingerprint density at radius 3 is 2.79 bits per heavy atom. The molecule has 1 unspecified atom stereocenters. The number of benzene rings is 1. The molecule has 0 aliphatic carbocycles. The summed E-state index contributed by atoms with van der Waals surface area (Å²) in [5.41, 5.74) is 1.09. The van der Waals surface area contributed by atoms with Crippen molar-refractivity contribution in [2.75, 3.05) is 32.2 Å². The summed E-state index contributed by atoms with van der Waals surface area (Å²) in [6.07, 6.45) is 2.20.